The number of aryl methyl sites for hydroxylation is 1. The largest absolute Gasteiger partial charge is 0.379 e. The Balaban J connectivity index is 1.32. The van der Waals surface area contributed by atoms with E-state index >= 15 is 0 Å². The summed E-state index contributed by atoms with van der Waals surface area (Å²) >= 11 is 0. The van der Waals surface area contributed by atoms with Crippen LogP contribution in [-0.4, -0.2) is 85.4 Å². The quantitative estimate of drug-likeness (QED) is 0.799. The minimum Gasteiger partial charge on any atom is -0.379 e. The standard InChI is InChI=1S/C20H29N7O/c1-17-16-18(21-6-7-25-12-14-28-15-13-25)24-20(23-17)27-10-8-26(9-11-27)19-4-2-3-5-22-19/h2-5,16H,6-15H2,1H3,(H,21,23,24). The lowest BCUT2D eigenvalue weighted by Crippen LogP contribution is -2.47. The fourth-order valence-electron chi connectivity index (χ4n) is 3.63. The summed E-state index contributed by atoms with van der Waals surface area (Å²) in [6, 6.07) is 8.07. The van der Waals surface area contributed by atoms with Crippen molar-refractivity contribution in [1.82, 2.24) is 19.9 Å². The normalized spacial score (nSPS) is 18.3. The molecule has 8 heteroatoms. The van der Waals surface area contributed by atoms with E-state index in [-0.39, 0.29) is 0 Å². The van der Waals surface area contributed by atoms with Gasteiger partial charge in [-0.25, -0.2) is 9.97 Å². The number of ether oxygens (including phenoxy) is 1. The van der Waals surface area contributed by atoms with E-state index in [9.17, 15) is 0 Å². The number of aromatic nitrogens is 3. The Morgan fingerprint density at radius 3 is 2.54 bits per heavy atom. The minimum atomic E-state index is 0.814. The number of hydrogen-bond donors (Lipinski definition) is 1. The third-order valence-electron chi connectivity index (χ3n) is 5.22. The summed E-state index contributed by atoms with van der Waals surface area (Å²) in [5, 5.41) is 3.47. The smallest absolute Gasteiger partial charge is 0.227 e. The Labute approximate surface area is 166 Å². The maximum Gasteiger partial charge on any atom is 0.227 e. The topological polar surface area (TPSA) is 69.7 Å². The Morgan fingerprint density at radius 2 is 1.79 bits per heavy atom. The van der Waals surface area contributed by atoms with Crippen molar-refractivity contribution in [3.8, 4) is 0 Å². The molecule has 0 spiro atoms. The second kappa shape index (κ2) is 9.16. The van der Waals surface area contributed by atoms with Gasteiger partial charge in [-0.15, -0.1) is 0 Å². The van der Waals surface area contributed by atoms with Crippen molar-refractivity contribution in [3.63, 3.8) is 0 Å². The molecule has 0 amide bonds. The van der Waals surface area contributed by atoms with Crippen LogP contribution in [0.5, 0.6) is 0 Å². The molecule has 1 N–H and O–H groups in total. The Hall–Kier alpha value is -2.45. The van der Waals surface area contributed by atoms with E-state index < -0.39 is 0 Å². The van der Waals surface area contributed by atoms with Crippen LogP contribution in [0.15, 0.2) is 30.5 Å². The molecule has 4 heterocycles. The Morgan fingerprint density at radius 1 is 1.00 bits per heavy atom. The first kappa shape index (κ1) is 18.9. The summed E-state index contributed by atoms with van der Waals surface area (Å²) in [6.45, 7) is 11.2. The lowest BCUT2D eigenvalue weighted by molar-refractivity contribution is 0.0398. The summed E-state index contributed by atoms with van der Waals surface area (Å²) < 4.78 is 5.40. The van der Waals surface area contributed by atoms with Gasteiger partial charge in [0.25, 0.3) is 0 Å². The van der Waals surface area contributed by atoms with Gasteiger partial charge >= 0.3 is 0 Å². The average molecular weight is 384 g/mol. The van der Waals surface area contributed by atoms with Crippen molar-refractivity contribution in [3.05, 3.63) is 36.2 Å². The van der Waals surface area contributed by atoms with Gasteiger partial charge in [0.05, 0.1) is 13.2 Å². The highest BCUT2D eigenvalue weighted by Gasteiger charge is 2.20. The van der Waals surface area contributed by atoms with Crippen molar-refractivity contribution < 1.29 is 4.74 Å². The predicted molar refractivity (Wildman–Crippen MR) is 111 cm³/mol. The number of piperazine rings is 1. The van der Waals surface area contributed by atoms with Crippen LogP contribution in [-0.2, 0) is 4.74 Å². The van der Waals surface area contributed by atoms with E-state index in [2.05, 4.69) is 36.1 Å². The van der Waals surface area contributed by atoms with Crippen molar-refractivity contribution in [1.29, 1.82) is 0 Å². The zero-order valence-corrected chi connectivity index (χ0v) is 16.5. The van der Waals surface area contributed by atoms with E-state index in [4.69, 9.17) is 9.72 Å². The van der Waals surface area contributed by atoms with Crippen LogP contribution in [0.3, 0.4) is 0 Å². The number of nitrogens with one attached hydrogen (secondary N) is 1. The summed E-state index contributed by atoms with van der Waals surface area (Å²) in [5.41, 5.74) is 0.992. The van der Waals surface area contributed by atoms with Gasteiger partial charge in [-0.2, -0.15) is 4.98 Å². The first-order valence-corrected chi connectivity index (χ1v) is 10.1. The van der Waals surface area contributed by atoms with Crippen LogP contribution in [0.1, 0.15) is 5.69 Å². The van der Waals surface area contributed by atoms with E-state index in [0.717, 1.165) is 88.8 Å². The van der Waals surface area contributed by atoms with Crippen molar-refractivity contribution in [2.24, 2.45) is 0 Å². The highest BCUT2D eigenvalue weighted by atomic mass is 16.5. The van der Waals surface area contributed by atoms with Crippen LogP contribution >= 0.6 is 0 Å². The number of hydrogen-bond acceptors (Lipinski definition) is 8. The van der Waals surface area contributed by atoms with Crippen LogP contribution in [0, 0.1) is 6.92 Å². The zero-order chi connectivity index (χ0) is 19.2. The number of anilines is 3. The van der Waals surface area contributed by atoms with Crippen LogP contribution < -0.4 is 15.1 Å². The second-order valence-corrected chi connectivity index (χ2v) is 7.24. The zero-order valence-electron chi connectivity index (χ0n) is 16.5. The van der Waals surface area contributed by atoms with Crippen LogP contribution in [0.25, 0.3) is 0 Å². The summed E-state index contributed by atoms with van der Waals surface area (Å²) in [6.07, 6.45) is 1.85. The lowest BCUT2D eigenvalue weighted by Gasteiger charge is -2.35. The number of pyridine rings is 1. The Bertz CT molecular complexity index is 743. The molecule has 0 unspecified atom stereocenters. The molecule has 0 bridgehead atoms. The first-order valence-electron chi connectivity index (χ1n) is 10.1. The minimum absolute atomic E-state index is 0.814. The summed E-state index contributed by atoms with van der Waals surface area (Å²) in [4.78, 5) is 20.9. The van der Waals surface area contributed by atoms with E-state index in [1.54, 1.807) is 0 Å². The molecule has 150 valence electrons. The molecule has 28 heavy (non-hydrogen) atoms. The van der Waals surface area contributed by atoms with Gasteiger partial charge in [0.2, 0.25) is 5.95 Å². The molecule has 0 saturated carbocycles. The van der Waals surface area contributed by atoms with Crippen LogP contribution in [0.2, 0.25) is 0 Å². The molecule has 0 aromatic carbocycles. The molecule has 2 aliphatic rings. The molecule has 2 fully saturated rings. The van der Waals surface area contributed by atoms with Gasteiger partial charge in [-0.1, -0.05) is 6.07 Å². The SMILES string of the molecule is Cc1cc(NCCN2CCOCC2)nc(N2CCN(c3ccccn3)CC2)n1. The van der Waals surface area contributed by atoms with Gasteiger partial charge in [-0.3, -0.25) is 4.90 Å². The first-order chi connectivity index (χ1) is 13.8. The third kappa shape index (κ3) is 4.88. The molecule has 0 atom stereocenters. The number of nitrogens with zero attached hydrogens (tertiary/aromatic N) is 6. The molecule has 0 radical (unpaired) electrons. The molecule has 4 rings (SSSR count). The molecular formula is C20H29N7O. The highest BCUT2D eigenvalue weighted by molar-refractivity contribution is 5.46. The number of morpholine rings is 1. The Kier molecular flexibility index (Phi) is 6.18. The molecule has 2 aliphatic heterocycles. The summed E-state index contributed by atoms with van der Waals surface area (Å²) in [5.74, 6) is 2.76. The monoisotopic (exact) mass is 383 g/mol. The van der Waals surface area contributed by atoms with Gasteiger partial charge in [0.1, 0.15) is 11.6 Å². The van der Waals surface area contributed by atoms with Crippen molar-refractivity contribution >= 4 is 17.6 Å². The summed E-state index contributed by atoms with van der Waals surface area (Å²) in [7, 11) is 0. The fraction of sp³-hybridized carbons (Fsp3) is 0.550. The molecular weight excluding hydrogens is 354 g/mol. The third-order valence-corrected chi connectivity index (χ3v) is 5.22. The van der Waals surface area contributed by atoms with E-state index in [0.29, 0.717) is 0 Å². The van der Waals surface area contributed by atoms with E-state index in [1.807, 2.05) is 31.3 Å². The van der Waals surface area contributed by atoms with Crippen molar-refractivity contribution in [2.45, 2.75) is 6.92 Å². The molecule has 8 nitrogen and oxygen atoms in total. The van der Waals surface area contributed by atoms with E-state index in [1.165, 1.54) is 0 Å². The average Bonchev–Trinajstić information content (AvgIpc) is 2.75. The van der Waals surface area contributed by atoms with Crippen molar-refractivity contribution in [2.75, 3.05) is 80.7 Å². The maximum atomic E-state index is 5.40. The highest BCUT2D eigenvalue weighted by Crippen LogP contribution is 2.18. The predicted octanol–water partition coefficient (Wildman–Crippen LogP) is 1.25. The van der Waals surface area contributed by atoms with Gasteiger partial charge in [0.15, 0.2) is 0 Å². The molecule has 2 aromatic rings. The van der Waals surface area contributed by atoms with Crippen LogP contribution in [0.4, 0.5) is 17.6 Å². The van der Waals surface area contributed by atoms with Gasteiger partial charge in [0, 0.05) is 70.3 Å². The van der Waals surface area contributed by atoms with Gasteiger partial charge < -0.3 is 19.9 Å². The molecule has 2 aromatic heterocycles. The maximum absolute atomic E-state index is 5.40. The molecule has 2 saturated heterocycles. The fourth-order valence-corrected chi connectivity index (χ4v) is 3.63. The van der Waals surface area contributed by atoms with Gasteiger partial charge in [-0.05, 0) is 19.1 Å². The lowest BCUT2D eigenvalue weighted by atomic mass is 10.3. The molecule has 0 aliphatic carbocycles. The number of rotatable bonds is 6. The second-order valence-electron chi connectivity index (χ2n) is 7.24.